The molecule has 26 heavy (non-hydrogen) atoms. The van der Waals surface area contributed by atoms with Gasteiger partial charge in [-0.25, -0.2) is 9.78 Å². The topological polar surface area (TPSA) is 74.3 Å². The van der Waals surface area contributed by atoms with Crippen molar-refractivity contribution in [1.29, 1.82) is 0 Å². The minimum absolute atomic E-state index is 0.176. The van der Waals surface area contributed by atoms with Gasteiger partial charge in [-0.2, -0.15) is 0 Å². The molecule has 0 bridgehead atoms. The summed E-state index contributed by atoms with van der Waals surface area (Å²) >= 11 is 1.44. The molecule has 1 aliphatic heterocycles. The number of benzene rings is 1. The summed E-state index contributed by atoms with van der Waals surface area (Å²) in [5.74, 6) is -0.241. The van der Waals surface area contributed by atoms with Crippen LogP contribution in [0.4, 0.5) is 9.93 Å². The fraction of sp³-hybridized carbons (Fsp3) is 0.421. The van der Waals surface area contributed by atoms with Crippen LogP contribution in [-0.2, 0) is 11.2 Å². The van der Waals surface area contributed by atoms with Crippen molar-refractivity contribution in [3.05, 3.63) is 46.5 Å². The Morgan fingerprint density at radius 1 is 1.19 bits per heavy atom. The number of hydrogen-bond donors (Lipinski definition) is 2. The van der Waals surface area contributed by atoms with Crippen LogP contribution < -0.4 is 10.6 Å². The van der Waals surface area contributed by atoms with Crippen molar-refractivity contribution >= 4 is 28.4 Å². The van der Waals surface area contributed by atoms with Gasteiger partial charge in [0.15, 0.2) is 5.13 Å². The van der Waals surface area contributed by atoms with Crippen molar-refractivity contribution in [2.45, 2.75) is 39.2 Å². The molecule has 2 heterocycles. The van der Waals surface area contributed by atoms with Crippen LogP contribution in [0, 0.1) is 13.8 Å². The first kappa shape index (κ1) is 18.4. The monoisotopic (exact) mass is 372 g/mol. The van der Waals surface area contributed by atoms with Gasteiger partial charge in [0.1, 0.15) is 6.04 Å². The average molecular weight is 372 g/mol. The summed E-state index contributed by atoms with van der Waals surface area (Å²) in [6.07, 6.45) is 2.47. The van der Waals surface area contributed by atoms with Gasteiger partial charge in [-0.05, 0) is 32.3 Å². The molecular formula is C19H24N4O2S. The van der Waals surface area contributed by atoms with Crippen LogP contribution in [0.25, 0.3) is 0 Å². The highest BCUT2D eigenvalue weighted by Crippen LogP contribution is 2.21. The molecular weight excluding hydrogens is 348 g/mol. The molecule has 1 atom stereocenters. The smallest absolute Gasteiger partial charge is 0.318 e. The van der Waals surface area contributed by atoms with Gasteiger partial charge in [0.25, 0.3) is 0 Å². The van der Waals surface area contributed by atoms with E-state index in [1.165, 1.54) is 11.3 Å². The van der Waals surface area contributed by atoms with E-state index in [1.54, 1.807) is 4.90 Å². The summed E-state index contributed by atoms with van der Waals surface area (Å²) in [5, 5.41) is 6.32. The van der Waals surface area contributed by atoms with E-state index in [2.05, 4.69) is 15.6 Å². The first-order valence-corrected chi connectivity index (χ1v) is 9.69. The third-order valence-corrected chi connectivity index (χ3v) is 5.54. The number of carbonyl (C=O) groups excluding carboxylic acids is 2. The van der Waals surface area contributed by atoms with Gasteiger partial charge < -0.3 is 15.5 Å². The third kappa shape index (κ3) is 4.60. The Morgan fingerprint density at radius 3 is 2.50 bits per heavy atom. The second-order valence-corrected chi connectivity index (χ2v) is 7.74. The SMILES string of the molecule is Cc1nc(NC(=O)[C@@H](Cc2ccccc2)NC(=O)N2CCCC2)sc1C. The molecule has 138 valence electrons. The number of rotatable bonds is 5. The van der Waals surface area contributed by atoms with E-state index in [1.807, 2.05) is 44.2 Å². The normalized spacial score (nSPS) is 14.9. The van der Waals surface area contributed by atoms with E-state index >= 15 is 0 Å². The Balaban J connectivity index is 1.72. The van der Waals surface area contributed by atoms with Gasteiger partial charge in [0, 0.05) is 24.4 Å². The van der Waals surface area contributed by atoms with E-state index in [-0.39, 0.29) is 11.9 Å². The summed E-state index contributed by atoms with van der Waals surface area (Å²) in [6, 6.07) is 8.89. The van der Waals surface area contributed by atoms with E-state index in [0.29, 0.717) is 11.6 Å². The zero-order valence-corrected chi connectivity index (χ0v) is 15.9. The molecule has 3 rings (SSSR count). The van der Waals surface area contributed by atoms with Gasteiger partial charge in [0.05, 0.1) is 5.69 Å². The molecule has 1 aliphatic rings. The molecule has 3 amide bonds. The van der Waals surface area contributed by atoms with Crippen LogP contribution in [0.5, 0.6) is 0 Å². The number of hydrogen-bond acceptors (Lipinski definition) is 4. The molecule has 2 N–H and O–H groups in total. The van der Waals surface area contributed by atoms with Crippen LogP contribution in [0.3, 0.4) is 0 Å². The first-order chi connectivity index (χ1) is 12.5. The van der Waals surface area contributed by atoms with E-state index in [9.17, 15) is 9.59 Å². The van der Waals surface area contributed by atoms with Crippen molar-refractivity contribution in [3.8, 4) is 0 Å². The second kappa shape index (κ2) is 8.31. The van der Waals surface area contributed by atoms with Crippen LogP contribution in [0.1, 0.15) is 29.0 Å². The molecule has 0 unspecified atom stereocenters. The molecule has 1 aromatic carbocycles. The molecule has 1 aromatic heterocycles. The maximum Gasteiger partial charge on any atom is 0.318 e. The quantitative estimate of drug-likeness (QED) is 0.847. The Kier molecular flexibility index (Phi) is 5.88. The van der Waals surface area contributed by atoms with Crippen molar-refractivity contribution in [3.63, 3.8) is 0 Å². The number of anilines is 1. The molecule has 1 fully saturated rings. The number of aryl methyl sites for hydroxylation is 2. The highest BCUT2D eigenvalue weighted by Gasteiger charge is 2.26. The Hall–Kier alpha value is -2.41. The molecule has 2 aromatic rings. The molecule has 0 saturated carbocycles. The largest absolute Gasteiger partial charge is 0.326 e. The lowest BCUT2D eigenvalue weighted by Crippen LogP contribution is -2.49. The number of thiazole rings is 1. The summed E-state index contributed by atoms with van der Waals surface area (Å²) < 4.78 is 0. The molecule has 7 heteroatoms. The van der Waals surface area contributed by atoms with Gasteiger partial charge in [0.2, 0.25) is 5.91 Å². The zero-order valence-electron chi connectivity index (χ0n) is 15.1. The predicted molar refractivity (Wildman–Crippen MR) is 103 cm³/mol. The maximum absolute atomic E-state index is 12.8. The summed E-state index contributed by atoms with van der Waals surface area (Å²) in [4.78, 5) is 32.5. The number of urea groups is 1. The molecule has 1 saturated heterocycles. The molecule has 0 aliphatic carbocycles. The number of aromatic nitrogens is 1. The standard InChI is InChI=1S/C19H24N4O2S/c1-13-14(2)26-18(20-13)22-17(24)16(12-15-8-4-3-5-9-15)21-19(25)23-10-6-7-11-23/h3-5,8-9,16H,6-7,10-12H2,1-2H3,(H,21,25)(H,20,22,24)/t16-/m1/s1. The van der Waals surface area contributed by atoms with E-state index < -0.39 is 6.04 Å². The summed E-state index contributed by atoms with van der Waals surface area (Å²) in [7, 11) is 0. The highest BCUT2D eigenvalue weighted by atomic mass is 32.1. The lowest BCUT2D eigenvalue weighted by molar-refractivity contribution is -0.118. The minimum Gasteiger partial charge on any atom is -0.326 e. The fourth-order valence-corrected chi connectivity index (χ4v) is 3.76. The van der Waals surface area contributed by atoms with Crippen LogP contribution in [0.2, 0.25) is 0 Å². The summed E-state index contributed by atoms with van der Waals surface area (Å²) in [5.41, 5.74) is 1.91. The predicted octanol–water partition coefficient (Wildman–Crippen LogP) is 3.12. The Bertz CT molecular complexity index is 750. The number of nitrogens with one attached hydrogen (secondary N) is 2. The van der Waals surface area contributed by atoms with Crippen LogP contribution in [-0.4, -0.2) is 41.0 Å². The average Bonchev–Trinajstić information content (AvgIpc) is 3.26. The molecule has 6 nitrogen and oxygen atoms in total. The van der Waals surface area contributed by atoms with Crippen molar-refractivity contribution in [1.82, 2.24) is 15.2 Å². The number of nitrogens with zero attached hydrogens (tertiary/aromatic N) is 2. The molecule has 0 radical (unpaired) electrons. The molecule has 0 spiro atoms. The first-order valence-electron chi connectivity index (χ1n) is 8.87. The second-order valence-electron chi connectivity index (χ2n) is 6.54. The maximum atomic E-state index is 12.8. The van der Waals surface area contributed by atoms with Crippen molar-refractivity contribution in [2.24, 2.45) is 0 Å². The van der Waals surface area contributed by atoms with Crippen molar-refractivity contribution in [2.75, 3.05) is 18.4 Å². The third-order valence-electron chi connectivity index (χ3n) is 4.55. The Morgan fingerprint density at radius 2 is 1.88 bits per heavy atom. The number of amides is 3. The van der Waals surface area contributed by atoms with Gasteiger partial charge in [-0.15, -0.1) is 11.3 Å². The summed E-state index contributed by atoms with van der Waals surface area (Å²) in [6.45, 7) is 5.38. The van der Waals surface area contributed by atoms with Gasteiger partial charge in [-0.3, -0.25) is 4.79 Å². The highest BCUT2D eigenvalue weighted by molar-refractivity contribution is 7.15. The zero-order chi connectivity index (χ0) is 18.5. The van der Waals surface area contributed by atoms with Crippen LogP contribution in [0.15, 0.2) is 30.3 Å². The van der Waals surface area contributed by atoms with Crippen LogP contribution >= 0.6 is 11.3 Å². The fourth-order valence-electron chi connectivity index (χ4n) is 2.94. The van der Waals surface area contributed by atoms with E-state index in [0.717, 1.165) is 42.1 Å². The van der Waals surface area contributed by atoms with Crippen molar-refractivity contribution < 1.29 is 9.59 Å². The lowest BCUT2D eigenvalue weighted by Gasteiger charge is -2.22. The minimum atomic E-state index is -0.644. The lowest BCUT2D eigenvalue weighted by atomic mass is 10.1. The Labute approximate surface area is 157 Å². The van der Waals surface area contributed by atoms with Gasteiger partial charge >= 0.3 is 6.03 Å². The number of likely N-dealkylation sites (tertiary alicyclic amines) is 1. The van der Waals surface area contributed by atoms with E-state index in [4.69, 9.17) is 0 Å². The number of carbonyl (C=O) groups is 2. The van der Waals surface area contributed by atoms with Gasteiger partial charge in [-0.1, -0.05) is 30.3 Å².